The highest BCUT2D eigenvalue weighted by molar-refractivity contribution is 7.18. The third kappa shape index (κ3) is 5.72. The lowest BCUT2D eigenvalue weighted by atomic mass is 10.2. The lowest BCUT2D eigenvalue weighted by Crippen LogP contribution is -2.15. The van der Waals surface area contributed by atoms with Crippen LogP contribution in [0, 0.1) is 0 Å². The number of thiazole rings is 1. The molecule has 11 heteroatoms. The Bertz CT molecular complexity index is 1130. The molecule has 162 valence electrons. The smallest absolute Gasteiger partial charge is 0.290 e. The third-order valence-corrected chi connectivity index (χ3v) is 5.54. The maximum Gasteiger partial charge on any atom is 0.290 e. The zero-order valence-electron chi connectivity index (χ0n) is 17.0. The van der Waals surface area contributed by atoms with Gasteiger partial charge in [-0.25, -0.2) is 9.97 Å². The highest BCUT2D eigenvalue weighted by Gasteiger charge is 2.15. The number of carbonyl (C=O) groups excluding carboxylic acids is 1. The third-order valence-electron chi connectivity index (χ3n) is 4.44. The molecule has 3 aromatic heterocycles. The minimum atomic E-state index is -0.440. The van der Waals surface area contributed by atoms with Crippen LogP contribution in [0.2, 0.25) is 0 Å². The number of aryl methyl sites for hydroxylation is 3. The van der Waals surface area contributed by atoms with Crippen molar-refractivity contribution >= 4 is 33.9 Å². The number of primary amides is 1. The number of rotatable bonds is 8. The predicted molar refractivity (Wildman–Crippen MR) is 116 cm³/mol. The molecule has 4 aromatic rings. The van der Waals surface area contributed by atoms with Crippen LogP contribution in [0.1, 0.15) is 29.5 Å². The monoisotopic (exact) mass is 441 g/mol. The molecule has 0 unspecified atom stereocenters. The van der Waals surface area contributed by atoms with Gasteiger partial charge in [0.2, 0.25) is 5.91 Å². The summed E-state index contributed by atoms with van der Waals surface area (Å²) in [5.74, 6) is 1.62. The SMILES string of the molecule is Cn1nccc1-n1nc(CC(N)=O)nc1CCCCc1nc2ccccc2s1.O=CO. The van der Waals surface area contributed by atoms with Crippen LogP contribution in [0.3, 0.4) is 0 Å². The van der Waals surface area contributed by atoms with Crippen molar-refractivity contribution in [2.45, 2.75) is 32.1 Å². The standard InChI is InChI=1S/C19H21N7OS.CH2O2/c1-25-19(10-11-21-25)26-17(23-16(24-26)12-15(20)27)8-4-5-9-18-22-13-6-2-3-7-14(13)28-18;2-1-3/h2-3,6-7,10-11H,4-5,8-9,12H2,1H3,(H2,20,27);1H,(H,2,3). The van der Waals surface area contributed by atoms with Crippen molar-refractivity contribution in [1.82, 2.24) is 29.5 Å². The lowest BCUT2D eigenvalue weighted by molar-refractivity contribution is -0.123. The molecule has 0 fully saturated rings. The van der Waals surface area contributed by atoms with Gasteiger partial charge in [0.15, 0.2) is 11.6 Å². The number of hydrogen-bond acceptors (Lipinski definition) is 7. The van der Waals surface area contributed by atoms with E-state index in [4.69, 9.17) is 15.6 Å². The van der Waals surface area contributed by atoms with Crippen LogP contribution in [0.4, 0.5) is 0 Å². The maximum absolute atomic E-state index is 11.2. The number of amides is 1. The van der Waals surface area contributed by atoms with Crippen molar-refractivity contribution in [2.75, 3.05) is 0 Å². The van der Waals surface area contributed by atoms with E-state index >= 15 is 0 Å². The average molecular weight is 442 g/mol. The van der Waals surface area contributed by atoms with Gasteiger partial charge in [0.05, 0.1) is 27.8 Å². The first-order valence-electron chi connectivity index (χ1n) is 9.65. The number of nitrogens with zero attached hydrogens (tertiary/aromatic N) is 6. The molecular weight excluding hydrogens is 418 g/mol. The summed E-state index contributed by atoms with van der Waals surface area (Å²) in [5, 5.41) is 16.7. The molecular formula is C20H23N7O3S. The Morgan fingerprint density at radius 2 is 1.94 bits per heavy atom. The normalized spacial score (nSPS) is 10.6. The fraction of sp³-hybridized carbons (Fsp3) is 0.300. The topological polar surface area (TPSA) is 142 Å². The van der Waals surface area contributed by atoms with Crippen molar-refractivity contribution < 1.29 is 14.7 Å². The number of aromatic nitrogens is 6. The van der Waals surface area contributed by atoms with Crippen LogP contribution in [-0.2, 0) is 35.9 Å². The molecule has 0 saturated heterocycles. The molecule has 0 saturated carbocycles. The summed E-state index contributed by atoms with van der Waals surface area (Å²) >= 11 is 1.75. The van der Waals surface area contributed by atoms with E-state index in [1.54, 1.807) is 26.9 Å². The molecule has 0 aliphatic rings. The summed E-state index contributed by atoms with van der Waals surface area (Å²) in [6, 6.07) is 10.1. The molecule has 3 heterocycles. The molecule has 10 nitrogen and oxygen atoms in total. The molecule has 1 aromatic carbocycles. The Hall–Kier alpha value is -3.60. The van der Waals surface area contributed by atoms with Gasteiger partial charge in [0.25, 0.3) is 6.47 Å². The lowest BCUT2D eigenvalue weighted by Gasteiger charge is -2.05. The van der Waals surface area contributed by atoms with Gasteiger partial charge >= 0.3 is 0 Å². The van der Waals surface area contributed by atoms with Gasteiger partial charge in [-0.05, 0) is 31.4 Å². The number of carboxylic acid groups (broad SMARTS) is 1. The minimum absolute atomic E-state index is 0.0313. The summed E-state index contributed by atoms with van der Waals surface area (Å²) in [6.45, 7) is -0.250. The van der Waals surface area contributed by atoms with Crippen LogP contribution in [-0.4, -0.2) is 47.0 Å². The van der Waals surface area contributed by atoms with E-state index in [0.29, 0.717) is 5.82 Å². The molecule has 1 amide bonds. The molecule has 0 bridgehead atoms. The van der Waals surface area contributed by atoms with E-state index in [1.807, 2.05) is 31.3 Å². The fourth-order valence-electron chi connectivity index (χ4n) is 3.13. The second-order valence-corrected chi connectivity index (χ2v) is 7.82. The van der Waals surface area contributed by atoms with E-state index in [0.717, 1.165) is 47.8 Å². The van der Waals surface area contributed by atoms with Gasteiger partial charge < -0.3 is 10.8 Å². The molecule has 3 N–H and O–H groups in total. The Labute approximate surface area is 182 Å². The van der Waals surface area contributed by atoms with E-state index in [1.165, 1.54) is 4.70 Å². The van der Waals surface area contributed by atoms with Gasteiger partial charge in [0.1, 0.15) is 5.82 Å². The Morgan fingerprint density at radius 1 is 1.19 bits per heavy atom. The van der Waals surface area contributed by atoms with E-state index in [-0.39, 0.29) is 12.9 Å². The van der Waals surface area contributed by atoms with Gasteiger partial charge in [0, 0.05) is 19.5 Å². The first-order chi connectivity index (χ1) is 15.0. The highest BCUT2D eigenvalue weighted by atomic mass is 32.1. The van der Waals surface area contributed by atoms with Crippen molar-refractivity contribution in [1.29, 1.82) is 0 Å². The van der Waals surface area contributed by atoms with Crippen LogP contribution in [0.25, 0.3) is 16.0 Å². The van der Waals surface area contributed by atoms with Crippen molar-refractivity contribution in [3.05, 3.63) is 53.2 Å². The molecule has 0 atom stereocenters. The zero-order valence-corrected chi connectivity index (χ0v) is 17.8. The molecule has 4 rings (SSSR count). The molecule has 0 aliphatic heterocycles. The zero-order chi connectivity index (χ0) is 22.2. The molecule has 31 heavy (non-hydrogen) atoms. The average Bonchev–Trinajstić information content (AvgIpc) is 3.43. The minimum Gasteiger partial charge on any atom is -0.483 e. The maximum atomic E-state index is 11.2. The molecule has 0 aliphatic carbocycles. The van der Waals surface area contributed by atoms with Crippen LogP contribution >= 0.6 is 11.3 Å². The van der Waals surface area contributed by atoms with Gasteiger partial charge in [-0.1, -0.05) is 12.1 Å². The Kier molecular flexibility index (Phi) is 7.44. The number of hydrogen-bond donors (Lipinski definition) is 2. The fourth-order valence-corrected chi connectivity index (χ4v) is 4.14. The number of unbranched alkanes of at least 4 members (excludes halogenated alkanes) is 1. The van der Waals surface area contributed by atoms with Crippen LogP contribution in [0.15, 0.2) is 36.5 Å². The Morgan fingerprint density at radius 3 is 2.61 bits per heavy atom. The summed E-state index contributed by atoms with van der Waals surface area (Å²) < 4.78 is 4.71. The van der Waals surface area contributed by atoms with Crippen molar-refractivity contribution in [2.24, 2.45) is 12.8 Å². The first-order valence-corrected chi connectivity index (χ1v) is 10.5. The number of nitrogens with two attached hydrogens (primary N) is 1. The summed E-state index contributed by atoms with van der Waals surface area (Å²) in [6.07, 6.45) is 5.38. The van der Waals surface area contributed by atoms with Crippen molar-refractivity contribution in [3.63, 3.8) is 0 Å². The largest absolute Gasteiger partial charge is 0.483 e. The number of carbonyl (C=O) groups is 2. The molecule has 0 radical (unpaired) electrons. The number of benzene rings is 1. The van der Waals surface area contributed by atoms with Crippen LogP contribution < -0.4 is 5.73 Å². The number of para-hydroxylation sites is 1. The van der Waals surface area contributed by atoms with Gasteiger partial charge in [-0.3, -0.25) is 14.3 Å². The second-order valence-electron chi connectivity index (χ2n) is 6.70. The van der Waals surface area contributed by atoms with Crippen LogP contribution in [0.5, 0.6) is 0 Å². The summed E-state index contributed by atoms with van der Waals surface area (Å²) in [7, 11) is 1.85. The number of fused-ring (bicyclic) bond motifs is 1. The van der Waals surface area contributed by atoms with Gasteiger partial charge in [-0.2, -0.15) is 9.78 Å². The van der Waals surface area contributed by atoms with E-state index in [2.05, 4.69) is 26.2 Å². The van der Waals surface area contributed by atoms with Gasteiger partial charge in [-0.15, -0.1) is 16.4 Å². The highest BCUT2D eigenvalue weighted by Crippen LogP contribution is 2.23. The quantitative estimate of drug-likeness (QED) is 0.314. The van der Waals surface area contributed by atoms with E-state index in [9.17, 15) is 4.79 Å². The summed E-state index contributed by atoms with van der Waals surface area (Å²) in [4.78, 5) is 28.8. The van der Waals surface area contributed by atoms with Crippen molar-refractivity contribution in [3.8, 4) is 5.82 Å². The Balaban J connectivity index is 0.000000858. The van der Waals surface area contributed by atoms with E-state index < -0.39 is 5.91 Å². The first kappa shape index (κ1) is 22.1. The molecule has 0 spiro atoms. The second kappa shape index (κ2) is 10.4. The summed E-state index contributed by atoms with van der Waals surface area (Å²) in [5.41, 5.74) is 6.36. The predicted octanol–water partition coefficient (Wildman–Crippen LogP) is 1.90.